The molecule has 1 heterocycles. The summed E-state index contributed by atoms with van der Waals surface area (Å²) in [5.74, 6) is -0.852. The summed E-state index contributed by atoms with van der Waals surface area (Å²) in [6.45, 7) is 0.950. The second kappa shape index (κ2) is 7.52. The van der Waals surface area contributed by atoms with Crippen LogP contribution in [-0.4, -0.2) is 37.5 Å². The lowest BCUT2D eigenvalue weighted by atomic mass is 10.2. The van der Waals surface area contributed by atoms with Crippen LogP contribution >= 0.6 is 0 Å². The van der Waals surface area contributed by atoms with Crippen LogP contribution in [0.4, 0.5) is 18.9 Å². The highest BCUT2D eigenvalue weighted by molar-refractivity contribution is 7.89. The van der Waals surface area contributed by atoms with Gasteiger partial charge in [0.1, 0.15) is 0 Å². The Morgan fingerprint density at radius 2 is 1.67 bits per heavy atom. The van der Waals surface area contributed by atoms with Crippen LogP contribution in [0.2, 0.25) is 0 Å². The maximum absolute atomic E-state index is 12.5. The van der Waals surface area contributed by atoms with Crippen molar-refractivity contribution in [3.05, 3.63) is 29.8 Å². The van der Waals surface area contributed by atoms with Crippen molar-refractivity contribution in [2.24, 2.45) is 0 Å². The molecular formula is C15H19F3N2O3S. The van der Waals surface area contributed by atoms with E-state index >= 15 is 0 Å². The third kappa shape index (κ3) is 5.20. The summed E-state index contributed by atoms with van der Waals surface area (Å²) in [6.07, 6.45) is -2.04. The van der Waals surface area contributed by atoms with E-state index in [1.165, 1.54) is 4.31 Å². The van der Waals surface area contributed by atoms with E-state index in [9.17, 15) is 26.4 Å². The maximum atomic E-state index is 12.5. The minimum Gasteiger partial charge on any atom is -0.326 e. The lowest BCUT2D eigenvalue weighted by Crippen LogP contribution is -2.37. The minimum absolute atomic E-state index is 0.198. The predicted molar refractivity (Wildman–Crippen MR) is 83.9 cm³/mol. The average molecular weight is 364 g/mol. The van der Waals surface area contributed by atoms with Crippen LogP contribution in [0.5, 0.6) is 0 Å². The Bertz CT molecular complexity index is 666. The Morgan fingerprint density at radius 1 is 1.08 bits per heavy atom. The van der Waals surface area contributed by atoms with Crippen molar-refractivity contribution in [2.45, 2.75) is 31.9 Å². The number of sulfonamides is 1. The maximum Gasteiger partial charge on any atom is 0.416 e. The van der Waals surface area contributed by atoms with Gasteiger partial charge in [0, 0.05) is 25.2 Å². The fourth-order valence-corrected chi connectivity index (χ4v) is 3.98. The molecule has 2 rings (SSSR count). The molecule has 1 aliphatic rings. The number of alkyl halides is 3. The Balaban J connectivity index is 1.87. The topological polar surface area (TPSA) is 66.5 Å². The Morgan fingerprint density at radius 3 is 2.21 bits per heavy atom. The third-order valence-corrected chi connectivity index (χ3v) is 5.66. The molecule has 0 saturated carbocycles. The van der Waals surface area contributed by atoms with Gasteiger partial charge in [0.25, 0.3) is 0 Å². The monoisotopic (exact) mass is 364 g/mol. The van der Waals surface area contributed by atoms with E-state index in [0.717, 1.165) is 43.5 Å². The first-order chi connectivity index (χ1) is 11.2. The van der Waals surface area contributed by atoms with Gasteiger partial charge in [-0.25, -0.2) is 12.7 Å². The summed E-state index contributed by atoms with van der Waals surface area (Å²) in [4.78, 5) is 11.8. The number of piperidine rings is 1. The van der Waals surface area contributed by atoms with Crippen LogP contribution in [0.25, 0.3) is 0 Å². The van der Waals surface area contributed by atoms with E-state index in [2.05, 4.69) is 5.32 Å². The molecule has 24 heavy (non-hydrogen) atoms. The van der Waals surface area contributed by atoms with Gasteiger partial charge in [-0.2, -0.15) is 13.2 Å². The van der Waals surface area contributed by atoms with E-state index in [0.29, 0.717) is 13.1 Å². The van der Waals surface area contributed by atoms with Crippen molar-refractivity contribution in [1.82, 2.24) is 4.31 Å². The zero-order valence-electron chi connectivity index (χ0n) is 13.0. The van der Waals surface area contributed by atoms with Crippen LogP contribution in [-0.2, 0) is 21.0 Å². The molecule has 1 aromatic carbocycles. The Labute approximate surface area is 138 Å². The summed E-state index contributed by atoms with van der Waals surface area (Å²) < 4.78 is 63.0. The number of hydrogen-bond acceptors (Lipinski definition) is 3. The molecule has 9 heteroatoms. The first-order valence-electron chi connectivity index (χ1n) is 7.63. The molecule has 0 radical (unpaired) electrons. The molecular weight excluding hydrogens is 345 g/mol. The molecule has 134 valence electrons. The number of amides is 1. The van der Waals surface area contributed by atoms with Crippen molar-refractivity contribution in [3.8, 4) is 0 Å². The normalized spacial score (nSPS) is 16.8. The molecule has 0 bridgehead atoms. The molecule has 1 fully saturated rings. The molecule has 0 aromatic heterocycles. The summed E-state index contributed by atoms with van der Waals surface area (Å²) in [7, 11) is -3.47. The van der Waals surface area contributed by atoms with Crippen LogP contribution in [0.3, 0.4) is 0 Å². The standard InChI is InChI=1S/C15H19F3N2O3S/c16-15(17,18)12-4-6-13(7-5-12)19-14(21)8-11-24(22,23)20-9-2-1-3-10-20/h4-7H,1-3,8-11H2,(H,19,21). The number of carbonyl (C=O) groups is 1. The lowest BCUT2D eigenvalue weighted by Gasteiger charge is -2.25. The molecule has 1 saturated heterocycles. The smallest absolute Gasteiger partial charge is 0.326 e. The van der Waals surface area contributed by atoms with E-state index in [1.54, 1.807) is 0 Å². The predicted octanol–water partition coefficient (Wildman–Crippen LogP) is 2.85. The lowest BCUT2D eigenvalue weighted by molar-refractivity contribution is -0.137. The minimum atomic E-state index is -4.44. The van der Waals surface area contributed by atoms with E-state index in [4.69, 9.17) is 0 Å². The summed E-state index contributed by atoms with van der Waals surface area (Å²) >= 11 is 0. The number of halogens is 3. The number of hydrogen-bond donors (Lipinski definition) is 1. The molecule has 1 aliphatic heterocycles. The van der Waals surface area contributed by atoms with Crippen molar-refractivity contribution >= 4 is 21.6 Å². The van der Waals surface area contributed by atoms with Gasteiger partial charge in [0.15, 0.2) is 0 Å². The second-order valence-corrected chi connectivity index (χ2v) is 7.74. The molecule has 1 aromatic rings. The molecule has 1 amide bonds. The number of nitrogens with zero attached hydrogens (tertiary/aromatic N) is 1. The first kappa shape index (κ1) is 18.7. The highest BCUT2D eigenvalue weighted by Crippen LogP contribution is 2.29. The molecule has 0 unspecified atom stereocenters. The van der Waals surface area contributed by atoms with E-state index < -0.39 is 27.7 Å². The third-order valence-electron chi connectivity index (χ3n) is 3.79. The van der Waals surface area contributed by atoms with Gasteiger partial charge in [-0.1, -0.05) is 6.42 Å². The van der Waals surface area contributed by atoms with Gasteiger partial charge < -0.3 is 5.32 Å². The largest absolute Gasteiger partial charge is 0.416 e. The quantitative estimate of drug-likeness (QED) is 0.874. The number of carbonyl (C=O) groups excluding carboxylic acids is 1. The van der Waals surface area contributed by atoms with Gasteiger partial charge in [-0.05, 0) is 37.1 Å². The molecule has 1 N–H and O–H groups in total. The number of anilines is 1. The summed E-state index contributed by atoms with van der Waals surface area (Å²) in [5.41, 5.74) is -0.614. The molecule has 0 atom stereocenters. The number of rotatable bonds is 5. The van der Waals surface area contributed by atoms with Gasteiger partial charge in [0.2, 0.25) is 15.9 Å². The average Bonchev–Trinajstić information content (AvgIpc) is 2.54. The summed E-state index contributed by atoms with van der Waals surface area (Å²) in [5, 5.41) is 2.41. The van der Waals surface area contributed by atoms with Crippen LogP contribution < -0.4 is 5.32 Å². The first-order valence-corrected chi connectivity index (χ1v) is 9.24. The SMILES string of the molecule is O=C(CCS(=O)(=O)N1CCCCC1)Nc1ccc(C(F)(F)F)cc1. The van der Waals surface area contributed by atoms with Crippen LogP contribution in [0.1, 0.15) is 31.2 Å². The van der Waals surface area contributed by atoms with Crippen LogP contribution in [0.15, 0.2) is 24.3 Å². The highest BCUT2D eigenvalue weighted by atomic mass is 32.2. The van der Waals surface area contributed by atoms with Crippen molar-refractivity contribution in [2.75, 3.05) is 24.2 Å². The number of benzene rings is 1. The van der Waals surface area contributed by atoms with Gasteiger partial charge in [-0.3, -0.25) is 4.79 Å². The zero-order chi connectivity index (χ0) is 17.8. The summed E-state index contributed by atoms with van der Waals surface area (Å²) in [6, 6.07) is 4.00. The Hall–Kier alpha value is -1.61. The van der Waals surface area contributed by atoms with Gasteiger partial charge >= 0.3 is 6.18 Å². The second-order valence-electron chi connectivity index (χ2n) is 5.65. The highest BCUT2D eigenvalue weighted by Gasteiger charge is 2.30. The molecule has 0 aliphatic carbocycles. The fraction of sp³-hybridized carbons (Fsp3) is 0.533. The fourth-order valence-electron chi connectivity index (χ4n) is 2.46. The van der Waals surface area contributed by atoms with Gasteiger partial charge in [0.05, 0.1) is 11.3 Å². The Kier molecular flexibility index (Phi) is 5.87. The van der Waals surface area contributed by atoms with Crippen LogP contribution in [0, 0.1) is 0 Å². The van der Waals surface area contributed by atoms with Crippen molar-refractivity contribution < 1.29 is 26.4 Å². The van der Waals surface area contributed by atoms with Crippen molar-refractivity contribution in [1.29, 1.82) is 0 Å². The van der Waals surface area contributed by atoms with Gasteiger partial charge in [-0.15, -0.1) is 0 Å². The molecule has 0 spiro atoms. The van der Waals surface area contributed by atoms with E-state index in [-0.39, 0.29) is 17.9 Å². The molecule has 5 nitrogen and oxygen atoms in total. The number of nitrogens with one attached hydrogen (secondary N) is 1. The van der Waals surface area contributed by atoms with E-state index in [1.807, 2.05) is 0 Å². The van der Waals surface area contributed by atoms with Crippen molar-refractivity contribution in [3.63, 3.8) is 0 Å². The zero-order valence-corrected chi connectivity index (χ0v) is 13.8.